The predicted molar refractivity (Wildman–Crippen MR) is 80.3 cm³/mol. The molecule has 0 saturated heterocycles. The van der Waals surface area contributed by atoms with Crippen molar-refractivity contribution < 1.29 is 4.79 Å². The number of carbonyl (C=O) groups is 1. The van der Waals surface area contributed by atoms with Gasteiger partial charge in [-0.2, -0.15) is 0 Å². The Morgan fingerprint density at radius 3 is 2.75 bits per heavy atom. The Hall–Kier alpha value is -1.79. The van der Waals surface area contributed by atoms with Crippen LogP contribution in [0.15, 0.2) is 47.9 Å². The Labute approximate surface area is 122 Å². The molecule has 106 valence electrons. The summed E-state index contributed by atoms with van der Waals surface area (Å²) < 4.78 is 0. The summed E-state index contributed by atoms with van der Waals surface area (Å²) in [4.78, 5) is 19.3. The maximum Gasteiger partial charge on any atom is 0.243 e. The fourth-order valence-electron chi connectivity index (χ4n) is 2.07. The number of carbonyl (C=O) groups excluding carboxylic acids is 1. The molecule has 0 aliphatic carbocycles. The van der Waals surface area contributed by atoms with Gasteiger partial charge in [-0.05, 0) is 12.1 Å². The van der Waals surface area contributed by atoms with Crippen LogP contribution < -0.4 is 11.1 Å². The molecular weight excluding hydrogens is 272 g/mol. The maximum atomic E-state index is 12.1. The van der Waals surface area contributed by atoms with Gasteiger partial charge in [0.2, 0.25) is 5.91 Å². The molecule has 1 unspecified atom stereocenters. The van der Waals surface area contributed by atoms with Gasteiger partial charge in [0.15, 0.2) is 5.16 Å². The molecule has 1 aromatic carbocycles. The van der Waals surface area contributed by atoms with Crippen LogP contribution in [-0.2, 0) is 10.3 Å². The minimum atomic E-state index is -0.895. The Balaban J connectivity index is 2.29. The molecule has 2 rings (SSSR count). The first kappa shape index (κ1) is 14.6. The number of thioether (sulfide) groups is 1. The Morgan fingerprint density at radius 1 is 1.45 bits per heavy atom. The van der Waals surface area contributed by atoms with Crippen molar-refractivity contribution in [2.75, 3.05) is 12.3 Å². The van der Waals surface area contributed by atoms with Gasteiger partial charge < -0.3 is 10.7 Å². The summed E-state index contributed by atoms with van der Waals surface area (Å²) in [6, 6.07) is 9.55. The van der Waals surface area contributed by atoms with E-state index in [0.717, 1.165) is 10.7 Å². The van der Waals surface area contributed by atoms with E-state index in [1.165, 1.54) is 11.8 Å². The van der Waals surface area contributed by atoms with E-state index in [2.05, 4.69) is 15.3 Å². The van der Waals surface area contributed by atoms with E-state index >= 15 is 0 Å². The molecule has 1 amide bonds. The minimum Gasteiger partial charge on any atom is -0.368 e. The summed E-state index contributed by atoms with van der Waals surface area (Å²) in [5, 5.41) is 4.01. The smallest absolute Gasteiger partial charge is 0.243 e. The van der Waals surface area contributed by atoms with Crippen LogP contribution >= 0.6 is 11.8 Å². The zero-order chi connectivity index (χ0) is 14.4. The predicted octanol–water partition coefficient (Wildman–Crippen LogP) is 1.49. The Morgan fingerprint density at radius 2 is 2.20 bits per heavy atom. The number of aromatic nitrogens is 2. The molecule has 0 aliphatic rings. The highest BCUT2D eigenvalue weighted by molar-refractivity contribution is 7.99. The molecule has 20 heavy (non-hydrogen) atoms. The summed E-state index contributed by atoms with van der Waals surface area (Å²) in [5.74, 6) is 0.0952. The zero-order valence-electron chi connectivity index (χ0n) is 11.3. The Bertz CT molecular complexity index is 544. The SMILES string of the molecule is CCNC(CSc1ncc[nH]1)(C(N)=O)c1ccccc1. The standard InChI is InChI=1S/C14H18N4OS/c1-2-18-14(12(15)19,11-6-4-3-5-7-11)10-20-13-16-8-9-17-13/h3-9,18H,2,10H2,1H3,(H2,15,19)(H,16,17). The van der Waals surface area contributed by atoms with Crippen LogP contribution in [0.1, 0.15) is 12.5 Å². The second kappa shape index (κ2) is 6.58. The molecule has 0 bridgehead atoms. The molecular formula is C14H18N4OS. The number of likely N-dealkylation sites (N-methyl/N-ethyl adjacent to an activating group) is 1. The second-order valence-electron chi connectivity index (χ2n) is 4.35. The lowest BCUT2D eigenvalue weighted by atomic mass is 9.91. The van der Waals surface area contributed by atoms with Crippen LogP contribution in [-0.4, -0.2) is 28.2 Å². The van der Waals surface area contributed by atoms with E-state index in [9.17, 15) is 4.79 Å². The average Bonchev–Trinajstić information content (AvgIpc) is 2.97. The van der Waals surface area contributed by atoms with Gasteiger partial charge in [0.1, 0.15) is 5.54 Å². The number of nitrogens with zero attached hydrogens (tertiary/aromatic N) is 1. The van der Waals surface area contributed by atoms with Gasteiger partial charge in [0.05, 0.1) is 0 Å². The van der Waals surface area contributed by atoms with Crippen LogP contribution in [0.4, 0.5) is 0 Å². The molecule has 4 N–H and O–H groups in total. The monoisotopic (exact) mass is 290 g/mol. The van der Waals surface area contributed by atoms with Gasteiger partial charge in [-0.3, -0.25) is 10.1 Å². The van der Waals surface area contributed by atoms with Gasteiger partial charge >= 0.3 is 0 Å². The first-order valence-electron chi connectivity index (χ1n) is 6.41. The molecule has 1 aromatic heterocycles. The first-order valence-corrected chi connectivity index (χ1v) is 7.40. The summed E-state index contributed by atoms with van der Waals surface area (Å²) in [6.07, 6.45) is 3.44. The number of H-pyrrole nitrogens is 1. The largest absolute Gasteiger partial charge is 0.368 e. The molecule has 0 spiro atoms. The van der Waals surface area contributed by atoms with E-state index in [4.69, 9.17) is 5.73 Å². The van der Waals surface area contributed by atoms with Gasteiger partial charge in [-0.1, -0.05) is 49.0 Å². The van der Waals surface area contributed by atoms with Crippen LogP contribution in [0.25, 0.3) is 0 Å². The third kappa shape index (κ3) is 3.02. The van der Waals surface area contributed by atoms with E-state index in [-0.39, 0.29) is 5.91 Å². The van der Waals surface area contributed by atoms with Crippen molar-refractivity contribution in [1.29, 1.82) is 0 Å². The minimum absolute atomic E-state index is 0.385. The summed E-state index contributed by atoms with van der Waals surface area (Å²) in [6.45, 7) is 2.61. The normalized spacial score (nSPS) is 13.8. The van der Waals surface area contributed by atoms with Crippen molar-refractivity contribution in [3.05, 3.63) is 48.3 Å². The van der Waals surface area contributed by atoms with E-state index in [1.807, 2.05) is 37.3 Å². The van der Waals surface area contributed by atoms with Crippen molar-refractivity contribution in [2.24, 2.45) is 5.73 Å². The topological polar surface area (TPSA) is 83.8 Å². The van der Waals surface area contributed by atoms with Gasteiger partial charge in [0.25, 0.3) is 0 Å². The van der Waals surface area contributed by atoms with E-state index < -0.39 is 5.54 Å². The molecule has 1 heterocycles. The number of benzene rings is 1. The van der Waals surface area contributed by atoms with Crippen molar-refractivity contribution in [3.8, 4) is 0 Å². The highest BCUT2D eigenvalue weighted by atomic mass is 32.2. The molecule has 0 radical (unpaired) electrons. The van der Waals surface area contributed by atoms with Crippen molar-refractivity contribution in [3.63, 3.8) is 0 Å². The quantitative estimate of drug-likeness (QED) is 0.675. The number of nitrogens with one attached hydrogen (secondary N) is 2. The number of primary amides is 1. The third-order valence-electron chi connectivity index (χ3n) is 3.06. The highest BCUT2D eigenvalue weighted by Gasteiger charge is 2.37. The number of aromatic amines is 1. The summed E-state index contributed by atoms with van der Waals surface area (Å²) >= 11 is 1.47. The molecule has 1 atom stereocenters. The van der Waals surface area contributed by atoms with Crippen molar-refractivity contribution in [2.45, 2.75) is 17.6 Å². The first-order chi connectivity index (χ1) is 9.69. The molecule has 0 fully saturated rings. The highest BCUT2D eigenvalue weighted by Crippen LogP contribution is 2.28. The number of hydrogen-bond donors (Lipinski definition) is 3. The van der Waals surface area contributed by atoms with E-state index in [1.54, 1.807) is 12.4 Å². The van der Waals surface area contributed by atoms with Crippen molar-refractivity contribution in [1.82, 2.24) is 15.3 Å². The molecule has 0 aliphatic heterocycles. The average molecular weight is 290 g/mol. The molecule has 0 saturated carbocycles. The third-order valence-corrected chi connectivity index (χ3v) is 4.14. The van der Waals surface area contributed by atoms with Crippen LogP contribution in [0.3, 0.4) is 0 Å². The lowest BCUT2D eigenvalue weighted by Gasteiger charge is -2.31. The number of nitrogens with two attached hydrogens (primary N) is 1. The lowest BCUT2D eigenvalue weighted by molar-refractivity contribution is -0.123. The fourth-order valence-corrected chi connectivity index (χ4v) is 3.12. The molecule has 2 aromatic rings. The van der Waals surface area contributed by atoms with Gasteiger partial charge in [-0.15, -0.1) is 0 Å². The van der Waals surface area contributed by atoms with Crippen LogP contribution in [0, 0.1) is 0 Å². The molecule has 6 heteroatoms. The number of imidazole rings is 1. The summed E-state index contributed by atoms with van der Waals surface area (Å²) in [5.41, 5.74) is 5.66. The van der Waals surface area contributed by atoms with Crippen LogP contribution in [0.5, 0.6) is 0 Å². The summed E-state index contributed by atoms with van der Waals surface area (Å²) in [7, 11) is 0. The van der Waals surface area contributed by atoms with E-state index in [0.29, 0.717) is 12.3 Å². The van der Waals surface area contributed by atoms with Crippen LogP contribution in [0.2, 0.25) is 0 Å². The zero-order valence-corrected chi connectivity index (χ0v) is 12.1. The van der Waals surface area contributed by atoms with Gasteiger partial charge in [0, 0.05) is 18.1 Å². The maximum absolute atomic E-state index is 12.1. The van der Waals surface area contributed by atoms with Crippen molar-refractivity contribution >= 4 is 17.7 Å². The lowest BCUT2D eigenvalue weighted by Crippen LogP contribution is -2.54. The number of rotatable bonds is 7. The number of hydrogen-bond acceptors (Lipinski definition) is 4. The Kier molecular flexibility index (Phi) is 4.81. The fraction of sp³-hybridized carbons (Fsp3) is 0.286. The van der Waals surface area contributed by atoms with Gasteiger partial charge in [-0.25, -0.2) is 4.98 Å². The second-order valence-corrected chi connectivity index (χ2v) is 5.31. The molecule has 5 nitrogen and oxygen atoms in total. The number of amides is 1.